The van der Waals surface area contributed by atoms with Gasteiger partial charge in [-0.2, -0.15) is 5.10 Å². The number of β-amino-alcohol motifs (C(OH)–C–C–N with tert-alkyl or cyclic N) is 2. The first kappa shape index (κ1) is 12.7. The maximum Gasteiger partial charge on any atom is 0.255 e. The number of hydrogen-bond acceptors (Lipinski definition) is 6. The lowest BCUT2D eigenvalue weighted by atomic mass is 10.2. The van der Waals surface area contributed by atoms with Gasteiger partial charge in [-0.05, 0) is 12.1 Å². The highest BCUT2D eigenvalue weighted by Crippen LogP contribution is 2.14. The fraction of sp³-hybridized carbons (Fsp3) is 0.333. The van der Waals surface area contributed by atoms with Crippen molar-refractivity contribution in [2.45, 2.75) is 12.2 Å². The molecule has 0 spiro atoms. The first-order valence-corrected chi connectivity index (χ1v) is 6.11. The van der Waals surface area contributed by atoms with E-state index in [1.807, 2.05) is 0 Å². The number of hydrogen-bond donors (Lipinski definition) is 2. The molecule has 8 heteroatoms. The molecule has 0 unspecified atom stereocenters. The summed E-state index contributed by atoms with van der Waals surface area (Å²) in [6, 6.07) is 3.29. The van der Waals surface area contributed by atoms with Gasteiger partial charge in [0.1, 0.15) is 12.7 Å². The summed E-state index contributed by atoms with van der Waals surface area (Å²) in [6.45, 7) is 0.260. The number of amides is 1. The third-order valence-electron chi connectivity index (χ3n) is 3.19. The minimum absolute atomic E-state index is 0.130. The van der Waals surface area contributed by atoms with Gasteiger partial charge in [-0.1, -0.05) is 0 Å². The van der Waals surface area contributed by atoms with Gasteiger partial charge in [0.25, 0.3) is 5.91 Å². The number of rotatable bonds is 2. The molecule has 2 N–H and O–H groups in total. The van der Waals surface area contributed by atoms with Gasteiger partial charge < -0.3 is 15.1 Å². The predicted molar refractivity (Wildman–Crippen MR) is 67.1 cm³/mol. The van der Waals surface area contributed by atoms with E-state index in [4.69, 9.17) is 0 Å². The third kappa shape index (κ3) is 2.26. The fourth-order valence-corrected chi connectivity index (χ4v) is 2.09. The second kappa shape index (κ2) is 4.99. The van der Waals surface area contributed by atoms with Crippen molar-refractivity contribution in [3.8, 4) is 5.82 Å². The number of carbonyl (C=O) groups is 1. The van der Waals surface area contributed by atoms with Gasteiger partial charge in [-0.15, -0.1) is 0 Å². The molecule has 8 nitrogen and oxygen atoms in total. The number of aliphatic hydroxyl groups is 2. The molecule has 104 valence electrons. The standard InChI is InChI=1S/C12H13N5O3/c18-9-4-16(5-10(9)19)12(20)8-1-2-11(14-3-8)17-7-13-6-15-17/h1-3,6-7,9-10,18-19H,4-5H2/t9-,10+. The minimum Gasteiger partial charge on any atom is -0.388 e. The van der Waals surface area contributed by atoms with E-state index < -0.39 is 12.2 Å². The maximum absolute atomic E-state index is 12.2. The van der Waals surface area contributed by atoms with Crippen LogP contribution in [-0.2, 0) is 0 Å². The molecule has 0 aliphatic carbocycles. The van der Waals surface area contributed by atoms with E-state index >= 15 is 0 Å². The molecule has 0 radical (unpaired) electrons. The van der Waals surface area contributed by atoms with Crippen molar-refractivity contribution in [3.05, 3.63) is 36.5 Å². The number of aromatic nitrogens is 4. The summed E-state index contributed by atoms with van der Waals surface area (Å²) in [5.41, 5.74) is 0.398. The van der Waals surface area contributed by atoms with Crippen molar-refractivity contribution in [3.63, 3.8) is 0 Å². The average molecular weight is 275 g/mol. The van der Waals surface area contributed by atoms with Crippen LogP contribution >= 0.6 is 0 Å². The van der Waals surface area contributed by atoms with Crippen LogP contribution in [-0.4, -0.2) is 66.1 Å². The molecule has 0 saturated carbocycles. The van der Waals surface area contributed by atoms with Gasteiger partial charge in [0, 0.05) is 19.3 Å². The highest BCUT2D eigenvalue weighted by atomic mass is 16.3. The van der Waals surface area contributed by atoms with E-state index in [1.165, 1.54) is 28.4 Å². The van der Waals surface area contributed by atoms with E-state index in [0.29, 0.717) is 11.4 Å². The number of carbonyl (C=O) groups excluding carboxylic acids is 1. The molecular formula is C12H13N5O3. The zero-order valence-electron chi connectivity index (χ0n) is 10.5. The van der Waals surface area contributed by atoms with Gasteiger partial charge in [-0.25, -0.2) is 14.6 Å². The Kier molecular flexibility index (Phi) is 3.17. The Morgan fingerprint density at radius 2 is 2.00 bits per heavy atom. The lowest BCUT2D eigenvalue weighted by molar-refractivity contribution is 0.0572. The van der Waals surface area contributed by atoms with Crippen LogP contribution in [0.1, 0.15) is 10.4 Å². The molecule has 2 atom stereocenters. The van der Waals surface area contributed by atoms with Crippen molar-refractivity contribution in [2.75, 3.05) is 13.1 Å². The van der Waals surface area contributed by atoms with E-state index in [0.717, 1.165) is 0 Å². The number of pyridine rings is 1. The lowest BCUT2D eigenvalue weighted by Gasteiger charge is -2.15. The summed E-state index contributed by atoms with van der Waals surface area (Å²) < 4.78 is 1.48. The topological polar surface area (TPSA) is 104 Å². The molecule has 0 bridgehead atoms. The average Bonchev–Trinajstić information content (AvgIpc) is 3.09. The molecule has 1 aliphatic rings. The first-order valence-electron chi connectivity index (χ1n) is 6.11. The summed E-state index contributed by atoms with van der Waals surface area (Å²) in [6.07, 6.45) is 2.57. The Morgan fingerprint density at radius 1 is 1.25 bits per heavy atom. The molecule has 2 aromatic heterocycles. The quantitative estimate of drug-likeness (QED) is 0.716. The third-order valence-corrected chi connectivity index (χ3v) is 3.19. The van der Waals surface area contributed by atoms with Gasteiger partial charge in [0.15, 0.2) is 5.82 Å². The normalized spacial score (nSPS) is 22.2. The first-order chi connectivity index (χ1) is 9.65. The second-order valence-corrected chi connectivity index (χ2v) is 4.59. The lowest BCUT2D eigenvalue weighted by Crippen LogP contribution is -2.29. The number of nitrogens with zero attached hydrogens (tertiary/aromatic N) is 5. The van der Waals surface area contributed by atoms with Crippen molar-refractivity contribution in [2.24, 2.45) is 0 Å². The molecule has 3 rings (SSSR count). The zero-order chi connectivity index (χ0) is 14.1. The molecule has 20 heavy (non-hydrogen) atoms. The van der Waals surface area contributed by atoms with Crippen LogP contribution in [0.3, 0.4) is 0 Å². The summed E-state index contributed by atoms with van der Waals surface area (Å²) in [5, 5.41) is 22.8. The second-order valence-electron chi connectivity index (χ2n) is 4.59. The summed E-state index contributed by atoms with van der Waals surface area (Å²) >= 11 is 0. The van der Waals surface area contributed by atoms with Crippen LogP contribution in [0, 0.1) is 0 Å². The predicted octanol–water partition coefficient (Wildman–Crippen LogP) is -1.16. The van der Waals surface area contributed by atoms with Crippen LogP contribution in [0.5, 0.6) is 0 Å². The Morgan fingerprint density at radius 3 is 2.55 bits per heavy atom. The van der Waals surface area contributed by atoms with E-state index in [1.54, 1.807) is 12.1 Å². The highest BCUT2D eigenvalue weighted by Gasteiger charge is 2.32. The van der Waals surface area contributed by atoms with Crippen molar-refractivity contribution in [1.82, 2.24) is 24.6 Å². The number of aliphatic hydroxyl groups excluding tert-OH is 2. The van der Waals surface area contributed by atoms with E-state index in [-0.39, 0.29) is 19.0 Å². The Bertz CT molecular complexity index is 588. The molecule has 3 heterocycles. The maximum atomic E-state index is 12.2. The van der Waals surface area contributed by atoms with Crippen molar-refractivity contribution >= 4 is 5.91 Å². The summed E-state index contributed by atoms with van der Waals surface area (Å²) in [4.78, 5) is 21.5. The molecule has 1 amide bonds. The molecular weight excluding hydrogens is 262 g/mol. The van der Waals surface area contributed by atoms with Crippen molar-refractivity contribution in [1.29, 1.82) is 0 Å². The van der Waals surface area contributed by atoms with Crippen molar-refractivity contribution < 1.29 is 15.0 Å². The van der Waals surface area contributed by atoms with E-state index in [2.05, 4.69) is 15.1 Å². The van der Waals surface area contributed by atoms with Gasteiger partial charge in [-0.3, -0.25) is 4.79 Å². The highest BCUT2D eigenvalue weighted by molar-refractivity contribution is 5.94. The van der Waals surface area contributed by atoms with Gasteiger partial charge in [0.05, 0.1) is 17.8 Å². The Hall–Kier alpha value is -2.32. The van der Waals surface area contributed by atoms with Crippen LogP contribution in [0.25, 0.3) is 5.82 Å². The van der Waals surface area contributed by atoms with Crippen LogP contribution in [0.15, 0.2) is 31.0 Å². The molecule has 2 aromatic rings. The fourth-order valence-electron chi connectivity index (χ4n) is 2.09. The molecule has 1 fully saturated rings. The Balaban J connectivity index is 1.76. The summed E-state index contributed by atoms with van der Waals surface area (Å²) in [7, 11) is 0. The molecule has 0 aromatic carbocycles. The van der Waals surface area contributed by atoms with Crippen LogP contribution in [0.2, 0.25) is 0 Å². The minimum atomic E-state index is -0.888. The zero-order valence-corrected chi connectivity index (χ0v) is 10.5. The molecule has 1 saturated heterocycles. The van der Waals surface area contributed by atoms with Crippen LogP contribution < -0.4 is 0 Å². The largest absolute Gasteiger partial charge is 0.388 e. The number of likely N-dealkylation sites (tertiary alicyclic amines) is 1. The monoisotopic (exact) mass is 275 g/mol. The van der Waals surface area contributed by atoms with Gasteiger partial charge in [0.2, 0.25) is 0 Å². The molecule has 1 aliphatic heterocycles. The van der Waals surface area contributed by atoms with Gasteiger partial charge >= 0.3 is 0 Å². The van der Waals surface area contributed by atoms with Crippen LogP contribution in [0.4, 0.5) is 0 Å². The summed E-state index contributed by atoms with van der Waals surface area (Å²) in [5.74, 6) is 0.291. The smallest absolute Gasteiger partial charge is 0.255 e. The SMILES string of the molecule is O=C(c1ccc(-n2cncn2)nc1)N1C[C@@H](O)[C@@H](O)C1. The van der Waals surface area contributed by atoms with E-state index in [9.17, 15) is 15.0 Å². The Labute approximate surface area is 114 Å².